The van der Waals surface area contributed by atoms with E-state index >= 15 is 0 Å². The van der Waals surface area contributed by atoms with E-state index in [0.29, 0.717) is 17.6 Å². The molecule has 2 saturated carbocycles. The molecule has 2 unspecified atom stereocenters. The van der Waals surface area contributed by atoms with E-state index in [1.807, 2.05) is 0 Å². The van der Waals surface area contributed by atoms with Crippen molar-refractivity contribution < 1.29 is 42.3 Å². The summed E-state index contributed by atoms with van der Waals surface area (Å²) in [6, 6.07) is -0.698. The van der Waals surface area contributed by atoms with E-state index in [1.54, 1.807) is 4.57 Å². The normalized spacial score (nSPS) is 40.4. The lowest BCUT2D eigenvalue weighted by atomic mass is 10.0. The number of phosphoric ester groups is 1. The molecule has 4 aromatic rings. The van der Waals surface area contributed by atoms with E-state index in [1.165, 1.54) is 42.4 Å². The second-order valence-electron chi connectivity index (χ2n) is 11.8. The predicted molar refractivity (Wildman–Crippen MR) is 167 cm³/mol. The van der Waals surface area contributed by atoms with Crippen LogP contribution in [0.25, 0.3) is 22.3 Å². The number of aliphatic hydroxyl groups is 1. The lowest BCUT2D eigenvalue weighted by Crippen LogP contribution is -2.38. The summed E-state index contributed by atoms with van der Waals surface area (Å²) in [5.41, 5.74) is 10.9. The van der Waals surface area contributed by atoms with Gasteiger partial charge in [-0.15, -0.1) is 11.8 Å². The number of imidazole rings is 2. The number of anilines is 2. The van der Waals surface area contributed by atoms with Crippen molar-refractivity contribution in [2.75, 3.05) is 31.8 Å². The van der Waals surface area contributed by atoms with Crippen LogP contribution in [0.4, 0.5) is 11.8 Å². The number of nitrogens with zero attached hydrogens (tertiary/aromatic N) is 7. The van der Waals surface area contributed by atoms with Gasteiger partial charge in [0, 0.05) is 12.5 Å². The third-order valence-electron chi connectivity index (χ3n) is 9.21. The Labute approximate surface area is 273 Å². The number of hydrogen-bond donors (Lipinski definition) is 6. The van der Waals surface area contributed by atoms with Gasteiger partial charge in [0.05, 0.1) is 37.2 Å². The average molecular weight is 731 g/mol. The number of phosphoric acid groups is 1. The van der Waals surface area contributed by atoms with Crippen LogP contribution in [0.1, 0.15) is 17.8 Å². The van der Waals surface area contributed by atoms with Gasteiger partial charge in [-0.2, -0.15) is 4.98 Å². The van der Waals surface area contributed by atoms with E-state index in [2.05, 4.69) is 29.9 Å². The maximum Gasteiger partial charge on any atom is 0.472 e. The molecule has 4 fully saturated rings. The van der Waals surface area contributed by atoms with Crippen LogP contribution in [0.15, 0.2) is 23.8 Å². The van der Waals surface area contributed by atoms with E-state index < -0.39 is 73.2 Å². The van der Waals surface area contributed by atoms with Crippen LogP contribution in [-0.2, 0) is 39.2 Å². The molecule has 4 aromatic heterocycles. The van der Waals surface area contributed by atoms with Gasteiger partial charge in [-0.05, 0) is 24.1 Å². The monoisotopic (exact) mass is 730 g/mol. The number of ether oxygens (including phenoxy) is 1. The number of fused-ring (bicyclic) bond motifs is 4. The average Bonchev–Trinajstić information content (AvgIpc) is 3.30. The Morgan fingerprint density at radius 1 is 1.13 bits per heavy atom. The minimum Gasteiger partial charge on any atom is -0.388 e. The number of aromatic nitrogens is 8. The first-order valence-corrected chi connectivity index (χ1v) is 19.2. The molecule has 2 aliphatic heterocycles. The van der Waals surface area contributed by atoms with Gasteiger partial charge in [0.1, 0.15) is 41.6 Å². The van der Waals surface area contributed by atoms with Crippen molar-refractivity contribution in [2.24, 2.45) is 11.3 Å². The van der Waals surface area contributed by atoms with Crippen molar-refractivity contribution in [3.05, 3.63) is 29.3 Å². The van der Waals surface area contributed by atoms with Crippen LogP contribution in [0.2, 0.25) is 0 Å². The van der Waals surface area contributed by atoms with Gasteiger partial charge in [-0.3, -0.25) is 23.4 Å². The van der Waals surface area contributed by atoms with E-state index in [9.17, 15) is 24.3 Å². The fourth-order valence-corrected chi connectivity index (χ4v) is 11.3. The minimum atomic E-state index is -4.86. The quantitative estimate of drug-likeness (QED) is 0.149. The molecule has 2 saturated heterocycles. The number of H-pyrrole nitrogens is 1. The number of hydrogen-bond acceptors (Lipinski definition) is 17. The summed E-state index contributed by atoms with van der Waals surface area (Å²) in [6.07, 6.45) is -0.0959. The second-order valence-corrected chi connectivity index (χ2v) is 17.3. The summed E-state index contributed by atoms with van der Waals surface area (Å²) in [4.78, 5) is 58.1. The zero-order valence-corrected chi connectivity index (χ0v) is 27.6. The minimum absolute atomic E-state index is 0.0107. The molecule has 2 aliphatic carbocycles. The van der Waals surface area contributed by atoms with Crippen molar-refractivity contribution in [2.45, 2.75) is 47.5 Å². The zero-order valence-electron chi connectivity index (χ0n) is 24.2. The molecule has 8 N–H and O–H groups in total. The Hall–Kier alpha value is -2.59. The van der Waals surface area contributed by atoms with Gasteiger partial charge in [0.2, 0.25) is 5.95 Å². The zero-order chi connectivity index (χ0) is 33.0. The number of thioether (sulfide) groups is 1. The fraction of sp³-hybridized carbons (Fsp3) is 0.565. The molecule has 47 heavy (non-hydrogen) atoms. The first-order chi connectivity index (χ1) is 22.3. The smallest absolute Gasteiger partial charge is 0.388 e. The molecule has 252 valence electrons. The van der Waals surface area contributed by atoms with E-state index in [4.69, 9.17) is 46.1 Å². The molecule has 6 heterocycles. The molecule has 11 atom stereocenters. The number of rotatable bonds is 3. The molecule has 0 radical (unpaired) electrons. The Bertz CT molecular complexity index is 2070. The summed E-state index contributed by atoms with van der Waals surface area (Å²) in [7, 11) is -3.49. The number of nitrogen functional groups attached to an aromatic ring is 2. The van der Waals surface area contributed by atoms with Crippen molar-refractivity contribution in [1.82, 2.24) is 39.0 Å². The highest BCUT2D eigenvalue weighted by Crippen LogP contribution is 2.72. The Morgan fingerprint density at radius 3 is 2.68 bits per heavy atom. The molecular weight excluding hydrogens is 702 g/mol. The highest BCUT2D eigenvalue weighted by Gasteiger charge is 2.74. The second kappa shape index (κ2) is 11.0. The fourth-order valence-electron chi connectivity index (χ4n) is 7.08. The molecule has 1 spiro atoms. The first-order valence-electron chi connectivity index (χ1n) is 14.2. The highest BCUT2D eigenvalue weighted by atomic mass is 32.5. The third kappa shape index (κ3) is 5.05. The number of nitrogens with two attached hydrogens (primary N) is 2. The van der Waals surface area contributed by atoms with Crippen molar-refractivity contribution in [3.8, 4) is 0 Å². The standard InChI is InChI=1S/C23H28N10O10P2S2/c1-39-14-9-3-40-45(38,46)43-16-13(34)12(32-6-28-10-17(24)26-5-27-18(10)32)8-2-23(8,16)4-41-44(36,37)42-15(14)21(47-9)33-7-29-11-19(33)30-22(25)31-20(11)35/h5-9,12-16,21,34H,2-4H2,1H3,(H,36,37)(H,38,46)(H2,24,26,27)(H3,25,30,31,35)/t8-,9-,12-,13+,14-,15-,16+,21-,23-,45?/m1/s1. The molecule has 8 rings (SSSR count). The molecule has 0 aromatic carbocycles. The van der Waals surface area contributed by atoms with Gasteiger partial charge in [0.15, 0.2) is 22.6 Å². The van der Waals surface area contributed by atoms with Crippen molar-refractivity contribution in [1.29, 1.82) is 0 Å². The topological polar surface area (TPSA) is 283 Å². The number of aliphatic hydroxyl groups excluding tert-OH is 1. The molecule has 24 heteroatoms. The summed E-state index contributed by atoms with van der Waals surface area (Å²) in [5.74, 6) is -0.384. The lowest BCUT2D eigenvalue weighted by molar-refractivity contribution is -0.0289. The maximum atomic E-state index is 13.7. The third-order valence-corrected chi connectivity index (χ3v) is 13.2. The SMILES string of the molecule is CO[C@H]1[C@H]2OP(=O)(O)OC[C@]34C[C@@H]3[C@@H](n3cnc5c(N)ncnc53)[C@H](O)[C@@H]4OP(O)(=S)OC[C@H]1S[C@H]2n1cnc2c(=O)[nH]c(N)nc21. The van der Waals surface area contributed by atoms with Gasteiger partial charge in [-0.25, -0.2) is 24.5 Å². The van der Waals surface area contributed by atoms with Gasteiger partial charge in [0.25, 0.3) is 5.56 Å². The lowest BCUT2D eigenvalue weighted by Gasteiger charge is -2.31. The van der Waals surface area contributed by atoms with Crippen LogP contribution < -0.4 is 17.0 Å². The Morgan fingerprint density at radius 2 is 1.89 bits per heavy atom. The number of aromatic amines is 1. The Kier molecular flexibility index (Phi) is 7.38. The summed E-state index contributed by atoms with van der Waals surface area (Å²) in [6.45, 7) is -4.70. The van der Waals surface area contributed by atoms with Crippen molar-refractivity contribution >= 4 is 72.2 Å². The molecule has 20 nitrogen and oxygen atoms in total. The predicted octanol–water partition coefficient (Wildman–Crippen LogP) is -0.191. The van der Waals surface area contributed by atoms with Gasteiger partial charge < -0.3 is 44.7 Å². The maximum absolute atomic E-state index is 13.7. The van der Waals surface area contributed by atoms with Crippen LogP contribution in [-0.4, -0.2) is 104 Å². The first kappa shape index (κ1) is 31.7. The molecule has 0 amide bonds. The van der Waals surface area contributed by atoms with Gasteiger partial charge >= 0.3 is 14.5 Å². The molecule has 2 bridgehead atoms. The number of nitrogens with one attached hydrogen (secondary N) is 1. The van der Waals surface area contributed by atoms with E-state index in [-0.39, 0.29) is 35.5 Å². The van der Waals surface area contributed by atoms with Crippen LogP contribution in [0.5, 0.6) is 0 Å². The highest BCUT2D eigenvalue weighted by molar-refractivity contribution is 8.07. The van der Waals surface area contributed by atoms with Crippen LogP contribution in [0.3, 0.4) is 0 Å². The largest absolute Gasteiger partial charge is 0.472 e. The summed E-state index contributed by atoms with van der Waals surface area (Å²) in [5, 5.41) is 10.1. The summed E-state index contributed by atoms with van der Waals surface area (Å²) >= 11 is 6.60. The summed E-state index contributed by atoms with van der Waals surface area (Å²) < 4.78 is 45.8. The molecule has 4 aliphatic rings. The Balaban J connectivity index is 1.15. The van der Waals surface area contributed by atoms with E-state index in [0.717, 1.165) is 0 Å². The number of methoxy groups -OCH3 is 1. The van der Waals surface area contributed by atoms with Crippen LogP contribution in [0, 0.1) is 11.3 Å². The molecular formula is C23H28N10O10P2S2. The van der Waals surface area contributed by atoms with Gasteiger partial charge in [-0.1, -0.05) is 0 Å². The van der Waals surface area contributed by atoms with Crippen molar-refractivity contribution in [3.63, 3.8) is 0 Å². The van der Waals surface area contributed by atoms with Crippen LogP contribution >= 0.6 is 26.3 Å².